The number of benzene rings is 3. The summed E-state index contributed by atoms with van der Waals surface area (Å²) in [5.74, 6) is 0.160. The zero-order valence-corrected chi connectivity index (χ0v) is 24.7. The number of hydrogen-bond acceptors (Lipinski definition) is 7. The first kappa shape index (κ1) is 28.7. The van der Waals surface area contributed by atoms with Crippen molar-refractivity contribution in [3.8, 4) is 5.75 Å². The van der Waals surface area contributed by atoms with E-state index in [1.807, 2.05) is 67.6 Å². The van der Waals surface area contributed by atoms with Gasteiger partial charge in [-0.25, -0.2) is 9.78 Å². The van der Waals surface area contributed by atoms with Crippen LogP contribution >= 0.6 is 0 Å². The number of rotatable bonds is 10. The van der Waals surface area contributed by atoms with Crippen molar-refractivity contribution >= 4 is 39.9 Å². The van der Waals surface area contributed by atoms with Gasteiger partial charge in [0.25, 0.3) is 5.91 Å². The predicted molar refractivity (Wildman–Crippen MR) is 173 cm³/mol. The third kappa shape index (κ3) is 5.66. The molecule has 0 fully saturated rings. The first-order chi connectivity index (χ1) is 21.3. The molecule has 8 nitrogen and oxygen atoms in total. The van der Waals surface area contributed by atoms with E-state index in [-0.39, 0.29) is 31.1 Å². The van der Waals surface area contributed by atoms with Crippen molar-refractivity contribution < 1.29 is 19.1 Å². The monoisotopic (exact) mass is 586 g/mol. The van der Waals surface area contributed by atoms with Crippen LogP contribution in [-0.4, -0.2) is 30.1 Å². The van der Waals surface area contributed by atoms with Gasteiger partial charge in [-0.2, -0.15) is 0 Å². The molecule has 1 aromatic heterocycles. The fourth-order valence-corrected chi connectivity index (χ4v) is 5.87. The van der Waals surface area contributed by atoms with E-state index in [0.717, 1.165) is 46.1 Å². The molecular formula is C36H34N4O4. The first-order valence-electron chi connectivity index (χ1n) is 14.6. The van der Waals surface area contributed by atoms with Crippen LogP contribution < -0.4 is 20.7 Å². The lowest BCUT2D eigenvalue weighted by molar-refractivity contribution is -0.118. The quantitative estimate of drug-likeness (QED) is 0.150. The van der Waals surface area contributed by atoms with Gasteiger partial charge in [-0.15, -0.1) is 0 Å². The van der Waals surface area contributed by atoms with E-state index in [0.29, 0.717) is 34.9 Å². The Bertz CT molecular complexity index is 1840. The van der Waals surface area contributed by atoms with Gasteiger partial charge in [0.1, 0.15) is 12.4 Å². The lowest BCUT2D eigenvalue weighted by atomic mass is 9.97. The molecule has 44 heavy (non-hydrogen) atoms. The summed E-state index contributed by atoms with van der Waals surface area (Å²) < 4.78 is 10.7. The Labute approximate surface area is 256 Å². The molecule has 0 saturated carbocycles. The molecule has 1 aliphatic heterocycles. The maximum atomic E-state index is 12.5. The molecule has 1 aliphatic carbocycles. The maximum absolute atomic E-state index is 12.5. The van der Waals surface area contributed by atoms with Gasteiger partial charge in [-0.3, -0.25) is 4.79 Å². The molecule has 1 amide bonds. The average Bonchev–Trinajstić information content (AvgIpc) is 3.45. The van der Waals surface area contributed by atoms with E-state index in [1.54, 1.807) is 6.08 Å². The van der Waals surface area contributed by atoms with Gasteiger partial charge >= 0.3 is 5.97 Å². The number of esters is 1. The van der Waals surface area contributed by atoms with E-state index in [4.69, 9.17) is 14.5 Å². The second-order valence-corrected chi connectivity index (χ2v) is 11.0. The molecule has 0 spiro atoms. The van der Waals surface area contributed by atoms with E-state index in [9.17, 15) is 9.59 Å². The molecule has 8 heteroatoms. The van der Waals surface area contributed by atoms with Crippen molar-refractivity contribution in [1.82, 2.24) is 15.6 Å². The number of hydrogen-bond donors (Lipinski definition) is 3. The minimum atomic E-state index is -0.331. The van der Waals surface area contributed by atoms with Crippen LogP contribution in [-0.2, 0) is 22.5 Å². The van der Waals surface area contributed by atoms with Crippen LogP contribution in [0.2, 0.25) is 0 Å². The number of para-hydroxylation sites is 1. The molecule has 3 aromatic carbocycles. The number of amides is 1. The van der Waals surface area contributed by atoms with Gasteiger partial charge < -0.3 is 25.4 Å². The SMILES string of the molecule is C=CCOC(=O)c1ccc2c(c1C)CC[C@@H]2NC(=C)c1cc(C(=C)NCc2ccc3c(c2)NC(=O)CO3)nc2ccccc12. The molecule has 1 atom stereocenters. The normalized spacial score (nSPS) is 14.9. The number of carbonyl (C=O) groups is 2. The highest BCUT2D eigenvalue weighted by molar-refractivity contribution is 5.95. The third-order valence-corrected chi connectivity index (χ3v) is 8.13. The smallest absolute Gasteiger partial charge is 0.338 e. The van der Waals surface area contributed by atoms with Crippen molar-refractivity contribution in [1.29, 1.82) is 0 Å². The van der Waals surface area contributed by atoms with E-state index >= 15 is 0 Å². The minimum Gasteiger partial charge on any atom is -0.482 e. The van der Waals surface area contributed by atoms with E-state index in [2.05, 4.69) is 35.7 Å². The first-order valence-corrected chi connectivity index (χ1v) is 14.6. The summed E-state index contributed by atoms with van der Waals surface area (Å²) in [5, 5.41) is 10.9. The summed E-state index contributed by atoms with van der Waals surface area (Å²) >= 11 is 0. The molecule has 0 radical (unpaired) electrons. The van der Waals surface area contributed by atoms with Gasteiger partial charge in [-0.05, 0) is 72.4 Å². The van der Waals surface area contributed by atoms with Crippen LogP contribution in [0.25, 0.3) is 22.3 Å². The molecule has 2 aliphatic rings. The molecule has 0 unspecified atom stereocenters. The van der Waals surface area contributed by atoms with Crippen molar-refractivity contribution in [2.45, 2.75) is 32.4 Å². The Morgan fingerprint density at radius 3 is 2.80 bits per heavy atom. The molecular weight excluding hydrogens is 552 g/mol. The molecule has 6 rings (SSSR count). The van der Waals surface area contributed by atoms with Gasteiger partial charge in [0.2, 0.25) is 0 Å². The number of carbonyl (C=O) groups excluding carboxylic acids is 2. The number of pyridine rings is 1. The summed E-state index contributed by atoms with van der Waals surface area (Å²) in [6, 6.07) is 19.6. The molecule has 3 N–H and O–H groups in total. The second-order valence-electron chi connectivity index (χ2n) is 11.0. The highest BCUT2D eigenvalue weighted by atomic mass is 16.5. The number of nitrogens with zero attached hydrogens (tertiary/aromatic N) is 1. The van der Waals surface area contributed by atoms with Gasteiger partial charge in [0, 0.05) is 23.2 Å². The number of anilines is 1. The highest BCUT2D eigenvalue weighted by Crippen LogP contribution is 2.37. The second kappa shape index (κ2) is 12.1. The van der Waals surface area contributed by atoms with Crippen molar-refractivity contribution in [2.24, 2.45) is 0 Å². The van der Waals surface area contributed by atoms with Crippen molar-refractivity contribution in [3.05, 3.63) is 126 Å². The molecule has 4 aromatic rings. The number of fused-ring (bicyclic) bond motifs is 3. The summed E-state index contributed by atoms with van der Waals surface area (Å²) in [6.07, 6.45) is 3.31. The van der Waals surface area contributed by atoms with Crippen LogP contribution in [0.15, 0.2) is 86.5 Å². The van der Waals surface area contributed by atoms with Crippen LogP contribution in [0.5, 0.6) is 5.75 Å². The molecule has 2 heterocycles. The van der Waals surface area contributed by atoms with Crippen molar-refractivity contribution in [2.75, 3.05) is 18.5 Å². The molecule has 0 saturated heterocycles. The third-order valence-electron chi connectivity index (χ3n) is 8.13. The summed E-state index contributed by atoms with van der Waals surface area (Å²) in [5.41, 5.74) is 9.46. The van der Waals surface area contributed by atoms with E-state index < -0.39 is 0 Å². The van der Waals surface area contributed by atoms with Crippen LogP contribution in [0.4, 0.5) is 5.69 Å². The van der Waals surface area contributed by atoms with Crippen LogP contribution in [0.3, 0.4) is 0 Å². The van der Waals surface area contributed by atoms with Gasteiger partial charge in [0.15, 0.2) is 6.61 Å². The number of aromatic nitrogens is 1. The Balaban J connectivity index is 1.21. The van der Waals surface area contributed by atoms with Gasteiger partial charge in [0.05, 0.1) is 34.2 Å². The Morgan fingerprint density at radius 1 is 1.11 bits per heavy atom. The number of ether oxygens (including phenoxy) is 2. The highest BCUT2D eigenvalue weighted by Gasteiger charge is 2.27. The fraction of sp³-hybridized carbons (Fsp3) is 0.194. The number of nitrogens with one attached hydrogen (secondary N) is 3. The summed E-state index contributed by atoms with van der Waals surface area (Å²) in [7, 11) is 0. The van der Waals surface area contributed by atoms with Crippen molar-refractivity contribution in [3.63, 3.8) is 0 Å². The van der Waals surface area contributed by atoms with Gasteiger partial charge in [-0.1, -0.05) is 56.1 Å². The topological polar surface area (TPSA) is 102 Å². The fourth-order valence-electron chi connectivity index (χ4n) is 5.87. The molecule has 222 valence electrons. The minimum absolute atomic E-state index is 0.0260. The zero-order valence-electron chi connectivity index (χ0n) is 24.7. The van der Waals surface area contributed by atoms with E-state index in [1.165, 1.54) is 11.1 Å². The Hall–Kier alpha value is -5.37. The Morgan fingerprint density at radius 2 is 1.95 bits per heavy atom. The maximum Gasteiger partial charge on any atom is 0.338 e. The lowest BCUT2D eigenvalue weighted by Crippen LogP contribution is -2.25. The lowest BCUT2D eigenvalue weighted by Gasteiger charge is -2.21. The van der Waals surface area contributed by atoms with Crippen LogP contribution in [0, 0.1) is 6.92 Å². The largest absolute Gasteiger partial charge is 0.482 e. The standard InChI is InChI=1S/C36H34N4O4/c1-5-16-43-36(42)26-11-12-28-25(21(26)2)13-14-31(28)38-22(3)29-18-32(39-30-9-7-6-8-27(29)30)23(4)37-19-24-10-15-34-33(17-24)40-35(41)20-44-34/h5-12,15,17-18,31,37-38H,1,3-4,13-14,16,19-20H2,2H3,(H,40,41)/t31-/m0/s1. The molecule has 0 bridgehead atoms. The summed E-state index contributed by atoms with van der Waals surface area (Å²) in [6.45, 7) is 15.0. The zero-order chi connectivity index (χ0) is 30.8. The average molecular weight is 587 g/mol. The Kier molecular flexibility index (Phi) is 7.89. The summed E-state index contributed by atoms with van der Waals surface area (Å²) in [4.78, 5) is 29.1. The predicted octanol–water partition coefficient (Wildman–Crippen LogP) is 6.23. The van der Waals surface area contributed by atoms with Crippen LogP contribution in [0.1, 0.15) is 56.3 Å².